The molecule has 1 aromatic carbocycles. The Bertz CT molecular complexity index is 663. The van der Waals surface area contributed by atoms with E-state index in [-0.39, 0.29) is 34.9 Å². The van der Waals surface area contributed by atoms with Crippen LogP contribution in [0.4, 0.5) is 0 Å². The molecular formula is C14H22ClN3O3S. The third-order valence-corrected chi connectivity index (χ3v) is 5.76. The number of hydrogen-bond donors (Lipinski definition) is 2. The monoisotopic (exact) mass is 347 g/mol. The summed E-state index contributed by atoms with van der Waals surface area (Å²) in [7, 11) is -3.63. The van der Waals surface area contributed by atoms with Gasteiger partial charge in [-0.1, -0.05) is 6.07 Å². The molecule has 0 saturated carbocycles. The van der Waals surface area contributed by atoms with E-state index in [1.807, 2.05) is 13.8 Å². The van der Waals surface area contributed by atoms with Gasteiger partial charge in [0.15, 0.2) is 0 Å². The first kappa shape index (κ1) is 18.9. The molecule has 8 heteroatoms. The van der Waals surface area contributed by atoms with Crippen molar-refractivity contribution in [3.05, 3.63) is 29.3 Å². The summed E-state index contributed by atoms with van der Waals surface area (Å²) in [5, 5.41) is 3.24. The van der Waals surface area contributed by atoms with Crippen molar-refractivity contribution in [1.29, 1.82) is 0 Å². The molecule has 0 aromatic heterocycles. The number of rotatable bonds is 3. The van der Waals surface area contributed by atoms with Gasteiger partial charge in [0.25, 0.3) is 0 Å². The van der Waals surface area contributed by atoms with Crippen LogP contribution in [0, 0.1) is 6.92 Å². The standard InChI is InChI=1S/C14H21N3O3S.ClH/c1-9-4-5-12(6-13(9)14(15)18)21(19,20)17-8-10(2)16-7-11(17)3;/h4-6,10-11,16H,7-8H2,1-3H3,(H2,15,18);1H. The Labute approximate surface area is 137 Å². The van der Waals surface area contributed by atoms with Crippen LogP contribution in [0.2, 0.25) is 0 Å². The van der Waals surface area contributed by atoms with Crippen molar-refractivity contribution in [1.82, 2.24) is 9.62 Å². The summed E-state index contributed by atoms with van der Waals surface area (Å²) in [5.74, 6) is -0.619. The van der Waals surface area contributed by atoms with E-state index >= 15 is 0 Å². The van der Waals surface area contributed by atoms with E-state index < -0.39 is 15.9 Å². The lowest BCUT2D eigenvalue weighted by Crippen LogP contribution is -2.56. The first-order valence-corrected chi connectivity index (χ1v) is 8.33. The van der Waals surface area contributed by atoms with E-state index in [1.54, 1.807) is 13.0 Å². The summed E-state index contributed by atoms with van der Waals surface area (Å²) < 4.78 is 27.0. The lowest BCUT2D eigenvalue weighted by Gasteiger charge is -2.36. The van der Waals surface area contributed by atoms with Gasteiger partial charge in [-0.15, -0.1) is 12.4 Å². The number of primary amides is 1. The molecule has 1 aliphatic rings. The predicted octanol–water partition coefficient (Wildman–Crippen LogP) is 0.887. The van der Waals surface area contributed by atoms with E-state index in [2.05, 4.69) is 5.32 Å². The lowest BCUT2D eigenvalue weighted by atomic mass is 10.1. The smallest absolute Gasteiger partial charge is 0.249 e. The molecule has 1 amide bonds. The zero-order valence-electron chi connectivity index (χ0n) is 12.9. The number of aryl methyl sites for hydroxylation is 1. The van der Waals surface area contributed by atoms with Gasteiger partial charge in [0.1, 0.15) is 0 Å². The van der Waals surface area contributed by atoms with Gasteiger partial charge in [-0.05, 0) is 38.5 Å². The second-order valence-corrected chi connectivity index (χ2v) is 7.46. The number of sulfonamides is 1. The van der Waals surface area contributed by atoms with E-state index in [0.29, 0.717) is 18.7 Å². The highest BCUT2D eigenvalue weighted by atomic mass is 35.5. The Kier molecular flexibility index (Phi) is 5.97. The van der Waals surface area contributed by atoms with Gasteiger partial charge in [-0.25, -0.2) is 8.42 Å². The average molecular weight is 348 g/mol. The van der Waals surface area contributed by atoms with Crippen LogP contribution in [0.15, 0.2) is 23.1 Å². The molecule has 22 heavy (non-hydrogen) atoms. The van der Waals surface area contributed by atoms with Gasteiger partial charge in [-0.2, -0.15) is 4.31 Å². The Balaban J connectivity index is 0.00000242. The van der Waals surface area contributed by atoms with Crippen LogP contribution in [0.1, 0.15) is 29.8 Å². The minimum absolute atomic E-state index is 0. The van der Waals surface area contributed by atoms with Crippen molar-refractivity contribution < 1.29 is 13.2 Å². The fraction of sp³-hybridized carbons (Fsp3) is 0.500. The third kappa shape index (κ3) is 3.60. The molecule has 1 fully saturated rings. The fourth-order valence-electron chi connectivity index (χ4n) is 2.49. The molecule has 124 valence electrons. The number of piperazine rings is 1. The van der Waals surface area contributed by atoms with Gasteiger partial charge in [0, 0.05) is 30.7 Å². The van der Waals surface area contributed by atoms with Gasteiger partial charge in [0.05, 0.1) is 4.90 Å². The topological polar surface area (TPSA) is 92.5 Å². The lowest BCUT2D eigenvalue weighted by molar-refractivity contribution is 0.0999. The number of halogens is 1. The normalized spacial score (nSPS) is 22.9. The van der Waals surface area contributed by atoms with Crippen molar-refractivity contribution in [2.24, 2.45) is 5.73 Å². The van der Waals surface area contributed by atoms with Gasteiger partial charge in [-0.3, -0.25) is 4.79 Å². The largest absolute Gasteiger partial charge is 0.366 e. The van der Waals surface area contributed by atoms with Crippen LogP contribution in [0.25, 0.3) is 0 Å². The number of nitrogens with zero attached hydrogens (tertiary/aromatic N) is 1. The molecule has 2 unspecified atom stereocenters. The van der Waals surface area contributed by atoms with Crippen LogP contribution in [-0.4, -0.2) is 43.8 Å². The molecule has 6 nitrogen and oxygen atoms in total. The minimum Gasteiger partial charge on any atom is -0.366 e. The van der Waals surface area contributed by atoms with Crippen LogP contribution in [0.5, 0.6) is 0 Å². The molecule has 1 heterocycles. The fourth-order valence-corrected chi connectivity index (χ4v) is 4.23. The van der Waals surface area contributed by atoms with Crippen molar-refractivity contribution in [3.63, 3.8) is 0 Å². The number of nitrogens with one attached hydrogen (secondary N) is 1. The molecule has 0 bridgehead atoms. The van der Waals surface area contributed by atoms with Crippen LogP contribution < -0.4 is 11.1 Å². The van der Waals surface area contributed by atoms with E-state index in [4.69, 9.17) is 5.73 Å². The number of nitrogens with two attached hydrogens (primary N) is 1. The highest BCUT2D eigenvalue weighted by Crippen LogP contribution is 2.22. The summed E-state index contributed by atoms with van der Waals surface area (Å²) in [6, 6.07) is 4.47. The summed E-state index contributed by atoms with van der Waals surface area (Å²) >= 11 is 0. The zero-order chi connectivity index (χ0) is 15.8. The Morgan fingerprint density at radius 1 is 1.36 bits per heavy atom. The van der Waals surface area contributed by atoms with Gasteiger partial charge in [0.2, 0.25) is 15.9 Å². The molecular weight excluding hydrogens is 326 g/mol. The van der Waals surface area contributed by atoms with Crippen molar-refractivity contribution in [2.45, 2.75) is 37.8 Å². The molecule has 0 aliphatic carbocycles. The van der Waals surface area contributed by atoms with Crippen molar-refractivity contribution in [2.75, 3.05) is 13.1 Å². The van der Waals surface area contributed by atoms with Gasteiger partial charge >= 0.3 is 0 Å². The van der Waals surface area contributed by atoms with Crippen molar-refractivity contribution in [3.8, 4) is 0 Å². The Morgan fingerprint density at radius 2 is 2.00 bits per heavy atom. The zero-order valence-corrected chi connectivity index (χ0v) is 14.5. The van der Waals surface area contributed by atoms with Crippen molar-refractivity contribution >= 4 is 28.3 Å². The molecule has 3 N–H and O–H groups in total. The highest BCUT2D eigenvalue weighted by molar-refractivity contribution is 7.89. The molecule has 0 radical (unpaired) electrons. The van der Waals surface area contributed by atoms with E-state index in [9.17, 15) is 13.2 Å². The summed E-state index contributed by atoms with van der Waals surface area (Å²) in [6.45, 7) is 6.54. The Morgan fingerprint density at radius 3 is 2.59 bits per heavy atom. The third-order valence-electron chi connectivity index (χ3n) is 3.79. The van der Waals surface area contributed by atoms with E-state index in [0.717, 1.165) is 0 Å². The predicted molar refractivity (Wildman–Crippen MR) is 87.8 cm³/mol. The van der Waals surface area contributed by atoms with E-state index in [1.165, 1.54) is 16.4 Å². The first-order chi connectivity index (χ1) is 9.73. The molecule has 1 aliphatic heterocycles. The van der Waals surface area contributed by atoms with Crippen LogP contribution in [-0.2, 0) is 10.0 Å². The summed E-state index contributed by atoms with van der Waals surface area (Å²) in [4.78, 5) is 11.5. The number of carbonyl (C=O) groups excluding carboxylic acids is 1. The van der Waals surface area contributed by atoms with Crippen LogP contribution >= 0.6 is 12.4 Å². The minimum atomic E-state index is -3.63. The second-order valence-electron chi connectivity index (χ2n) is 5.57. The van der Waals surface area contributed by atoms with Gasteiger partial charge < -0.3 is 11.1 Å². The Hall–Kier alpha value is -1.15. The number of carbonyl (C=O) groups is 1. The summed E-state index contributed by atoms with van der Waals surface area (Å²) in [6.07, 6.45) is 0. The molecule has 1 saturated heterocycles. The number of hydrogen-bond acceptors (Lipinski definition) is 4. The second kappa shape index (κ2) is 6.95. The maximum absolute atomic E-state index is 12.8. The molecule has 1 aromatic rings. The number of benzene rings is 1. The SMILES string of the molecule is Cc1ccc(S(=O)(=O)N2CC(C)NCC2C)cc1C(N)=O.Cl. The number of amides is 1. The molecule has 2 rings (SSSR count). The maximum atomic E-state index is 12.8. The maximum Gasteiger partial charge on any atom is 0.249 e. The molecule has 0 spiro atoms. The molecule has 2 atom stereocenters. The van der Waals surface area contributed by atoms with Crippen LogP contribution in [0.3, 0.4) is 0 Å². The first-order valence-electron chi connectivity index (χ1n) is 6.89. The quantitative estimate of drug-likeness (QED) is 0.849. The summed E-state index contributed by atoms with van der Waals surface area (Å²) in [5.41, 5.74) is 6.21. The average Bonchev–Trinajstić information content (AvgIpc) is 2.41. The highest BCUT2D eigenvalue weighted by Gasteiger charge is 2.33.